The van der Waals surface area contributed by atoms with Gasteiger partial charge in [-0.1, -0.05) is 100 Å². The lowest BCUT2D eigenvalue weighted by Gasteiger charge is -2.25. The van der Waals surface area contributed by atoms with Crippen molar-refractivity contribution < 1.29 is 0 Å². The fraction of sp³-hybridized carbons (Fsp3) is 0.250. The van der Waals surface area contributed by atoms with Crippen molar-refractivity contribution >= 4 is 0 Å². The highest BCUT2D eigenvalue weighted by molar-refractivity contribution is 5.89. The minimum Gasteiger partial charge on any atom is -0.0619 e. The van der Waals surface area contributed by atoms with Crippen LogP contribution in [-0.2, 0) is 10.8 Å². The zero-order chi connectivity index (χ0) is 28.1. The summed E-state index contributed by atoms with van der Waals surface area (Å²) >= 11 is 0. The van der Waals surface area contributed by atoms with Crippen molar-refractivity contribution in [1.82, 2.24) is 0 Å². The molecular formula is C40H38. The van der Waals surface area contributed by atoms with Gasteiger partial charge in [0.05, 0.1) is 0 Å². The van der Waals surface area contributed by atoms with Crippen LogP contribution in [0, 0.1) is 27.7 Å². The zero-order valence-electron chi connectivity index (χ0n) is 25.1. The SMILES string of the molecule is Cc1c(C)c(-c2ccc3c(c2)C(C)(C)c2ccccc2-3)c(C)c(C)c1-c1ccc2c(c1)C(C)(C)c1ccccc1-2. The highest BCUT2D eigenvalue weighted by Gasteiger charge is 2.37. The lowest BCUT2D eigenvalue weighted by molar-refractivity contribution is 0.660. The van der Waals surface area contributed by atoms with Crippen molar-refractivity contribution in [3.05, 3.63) is 129 Å². The van der Waals surface area contributed by atoms with Crippen molar-refractivity contribution in [2.24, 2.45) is 0 Å². The first-order chi connectivity index (χ1) is 19.0. The summed E-state index contributed by atoms with van der Waals surface area (Å²) in [6.07, 6.45) is 0. The molecule has 0 N–H and O–H groups in total. The van der Waals surface area contributed by atoms with Gasteiger partial charge < -0.3 is 0 Å². The average Bonchev–Trinajstić information content (AvgIpc) is 3.32. The fourth-order valence-corrected chi connectivity index (χ4v) is 7.90. The van der Waals surface area contributed by atoms with Crippen LogP contribution in [0.25, 0.3) is 44.5 Å². The minimum atomic E-state index is 0.00255. The highest BCUT2D eigenvalue weighted by Crippen LogP contribution is 2.52. The van der Waals surface area contributed by atoms with Gasteiger partial charge in [0.15, 0.2) is 0 Å². The molecule has 7 rings (SSSR count). The van der Waals surface area contributed by atoms with Crippen LogP contribution in [0.3, 0.4) is 0 Å². The summed E-state index contributed by atoms with van der Waals surface area (Å²) < 4.78 is 0. The Morgan fingerprint density at radius 2 is 0.700 bits per heavy atom. The van der Waals surface area contributed by atoms with E-state index < -0.39 is 0 Å². The first-order valence-corrected chi connectivity index (χ1v) is 14.6. The van der Waals surface area contributed by atoms with E-state index in [4.69, 9.17) is 0 Å². The van der Waals surface area contributed by atoms with Crippen LogP contribution >= 0.6 is 0 Å². The Morgan fingerprint density at radius 1 is 0.375 bits per heavy atom. The van der Waals surface area contributed by atoms with E-state index in [2.05, 4.69) is 140 Å². The average molecular weight is 519 g/mol. The molecule has 0 aliphatic heterocycles. The standard InChI is InChI=1S/C40H38/c1-23-24(2)38(28-18-20-32-30-14-10-12-16-34(30)40(7,8)36(32)22-28)26(4)25(3)37(23)27-17-19-31-29-13-9-11-15-33(29)39(5,6)35(31)21-27/h9-22H,1-8H3. The Labute approximate surface area is 239 Å². The smallest absolute Gasteiger partial charge is 0.0159 e. The van der Waals surface area contributed by atoms with Gasteiger partial charge in [-0.3, -0.25) is 0 Å². The number of hydrogen-bond acceptors (Lipinski definition) is 0. The molecule has 5 aromatic rings. The Hall–Kier alpha value is -3.90. The number of fused-ring (bicyclic) bond motifs is 6. The predicted octanol–water partition coefficient (Wildman–Crippen LogP) is 10.9. The van der Waals surface area contributed by atoms with Gasteiger partial charge in [0.2, 0.25) is 0 Å². The third-order valence-electron chi connectivity index (χ3n) is 10.4. The van der Waals surface area contributed by atoms with Gasteiger partial charge in [0.25, 0.3) is 0 Å². The van der Waals surface area contributed by atoms with Crippen molar-refractivity contribution in [3.8, 4) is 44.5 Å². The maximum absolute atomic E-state index is 2.47. The van der Waals surface area contributed by atoms with E-state index >= 15 is 0 Å². The zero-order valence-corrected chi connectivity index (χ0v) is 25.1. The Morgan fingerprint density at radius 3 is 1.07 bits per heavy atom. The third-order valence-corrected chi connectivity index (χ3v) is 10.4. The molecule has 0 saturated carbocycles. The maximum atomic E-state index is 2.47. The van der Waals surface area contributed by atoms with Gasteiger partial charge >= 0.3 is 0 Å². The summed E-state index contributed by atoms with van der Waals surface area (Å²) in [6, 6.07) is 32.2. The first kappa shape index (κ1) is 25.1. The molecule has 2 aliphatic rings. The Kier molecular flexibility index (Phi) is 5.21. The molecule has 2 aliphatic carbocycles. The van der Waals surface area contributed by atoms with Gasteiger partial charge in [-0.15, -0.1) is 0 Å². The summed E-state index contributed by atoms with van der Waals surface area (Å²) in [5.74, 6) is 0. The quantitative estimate of drug-likeness (QED) is 0.218. The van der Waals surface area contributed by atoms with E-state index in [0.29, 0.717) is 0 Å². The van der Waals surface area contributed by atoms with Crippen molar-refractivity contribution in [1.29, 1.82) is 0 Å². The lowest BCUT2D eigenvalue weighted by atomic mass is 9.78. The van der Waals surface area contributed by atoms with Crippen LogP contribution in [-0.4, -0.2) is 0 Å². The third kappa shape index (κ3) is 3.20. The van der Waals surface area contributed by atoms with Gasteiger partial charge in [0, 0.05) is 10.8 Å². The summed E-state index contributed by atoms with van der Waals surface area (Å²) in [7, 11) is 0. The number of benzene rings is 5. The molecule has 0 heteroatoms. The number of rotatable bonds is 2. The van der Waals surface area contributed by atoms with Crippen LogP contribution in [0.1, 0.15) is 72.2 Å². The molecule has 0 unspecified atom stereocenters. The summed E-state index contributed by atoms with van der Waals surface area (Å²) in [5, 5.41) is 0. The molecule has 5 aromatic carbocycles. The maximum Gasteiger partial charge on any atom is 0.0159 e. The molecule has 198 valence electrons. The summed E-state index contributed by atoms with van der Waals surface area (Å²) in [6.45, 7) is 18.8. The number of hydrogen-bond donors (Lipinski definition) is 0. The van der Waals surface area contributed by atoms with E-state index in [0.717, 1.165) is 0 Å². The second-order valence-corrected chi connectivity index (χ2v) is 13.1. The molecule has 0 radical (unpaired) electrons. The van der Waals surface area contributed by atoms with Crippen molar-refractivity contribution in [2.45, 2.75) is 66.2 Å². The Bertz CT molecular complexity index is 1710. The van der Waals surface area contributed by atoms with E-state index in [9.17, 15) is 0 Å². The second-order valence-electron chi connectivity index (χ2n) is 13.1. The van der Waals surface area contributed by atoms with Gasteiger partial charge in [0.1, 0.15) is 0 Å². The van der Waals surface area contributed by atoms with Crippen LogP contribution < -0.4 is 0 Å². The lowest BCUT2D eigenvalue weighted by Crippen LogP contribution is -2.15. The molecule has 0 saturated heterocycles. The van der Waals surface area contributed by atoms with Gasteiger partial charge in [-0.05, 0) is 129 Å². The van der Waals surface area contributed by atoms with E-state index in [1.54, 1.807) is 0 Å². The van der Waals surface area contributed by atoms with Crippen LogP contribution in [0.4, 0.5) is 0 Å². The summed E-state index contributed by atoms with van der Waals surface area (Å²) in [4.78, 5) is 0. The molecule has 0 spiro atoms. The molecule has 0 aromatic heterocycles. The molecule has 0 bridgehead atoms. The van der Waals surface area contributed by atoms with Crippen LogP contribution in [0.2, 0.25) is 0 Å². The van der Waals surface area contributed by atoms with Gasteiger partial charge in [-0.2, -0.15) is 0 Å². The molecule has 0 atom stereocenters. The molecule has 40 heavy (non-hydrogen) atoms. The normalized spacial score (nSPS) is 15.4. The molecule has 0 fully saturated rings. The minimum absolute atomic E-state index is 0.00255. The van der Waals surface area contributed by atoms with Crippen LogP contribution in [0.5, 0.6) is 0 Å². The topological polar surface area (TPSA) is 0 Å². The van der Waals surface area contributed by atoms with E-state index in [-0.39, 0.29) is 10.8 Å². The molecule has 0 heterocycles. The van der Waals surface area contributed by atoms with Crippen LogP contribution in [0.15, 0.2) is 84.9 Å². The first-order valence-electron chi connectivity index (χ1n) is 14.6. The Balaban J connectivity index is 1.38. The van der Waals surface area contributed by atoms with E-state index in [1.165, 1.54) is 89.0 Å². The largest absolute Gasteiger partial charge is 0.0619 e. The fourth-order valence-electron chi connectivity index (χ4n) is 7.90. The van der Waals surface area contributed by atoms with Crippen molar-refractivity contribution in [3.63, 3.8) is 0 Å². The molecule has 0 amide bonds. The highest BCUT2D eigenvalue weighted by atomic mass is 14.4. The molecular weight excluding hydrogens is 480 g/mol. The second kappa shape index (κ2) is 8.31. The van der Waals surface area contributed by atoms with E-state index in [1.807, 2.05) is 0 Å². The molecule has 0 nitrogen and oxygen atoms in total. The van der Waals surface area contributed by atoms with Crippen molar-refractivity contribution in [2.75, 3.05) is 0 Å². The van der Waals surface area contributed by atoms with Gasteiger partial charge in [-0.25, -0.2) is 0 Å². The predicted molar refractivity (Wildman–Crippen MR) is 171 cm³/mol. The monoisotopic (exact) mass is 518 g/mol. The summed E-state index contributed by atoms with van der Waals surface area (Å²) in [5.41, 5.74) is 22.2.